The highest BCUT2D eigenvalue weighted by Crippen LogP contribution is 2.20. The number of allylic oxidation sites excluding steroid dienone is 4. The zero-order valence-corrected chi connectivity index (χ0v) is 7.12. The second-order valence-corrected chi connectivity index (χ2v) is 3.02. The normalized spacial score (nSPS) is 21.7. The molecule has 1 atom stereocenters. The van der Waals surface area contributed by atoms with Gasteiger partial charge in [0.1, 0.15) is 6.26 Å². The summed E-state index contributed by atoms with van der Waals surface area (Å²) in [6, 6.07) is 1.83. The third-order valence-corrected chi connectivity index (χ3v) is 2.15. The first-order valence-corrected chi connectivity index (χ1v) is 4.08. The Labute approximate surface area is 75.6 Å². The molecule has 0 amide bonds. The van der Waals surface area contributed by atoms with Crippen LogP contribution in [-0.2, 0) is 0 Å². The van der Waals surface area contributed by atoms with Gasteiger partial charge >= 0.3 is 0 Å². The summed E-state index contributed by atoms with van der Waals surface area (Å²) in [6.45, 7) is 0. The molecule has 1 aromatic heterocycles. The average molecular weight is 177 g/mol. The topological polar surface area (TPSA) is 26.0 Å². The Morgan fingerprint density at radius 3 is 3.00 bits per heavy atom. The van der Waals surface area contributed by atoms with E-state index in [-0.39, 0.29) is 5.92 Å². The van der Waals surface area contributed by atoms with Crippen LogP contribution in [0, 0.1) is 0 Å². The van der Waals surface area contributed by atoms with E-state index in [9.17, 15) is 0 Å². The third-order valence-electron chi connectivity index (χ3n) is 1.76. The molecule has 0 fully saturated rings. The van der Waals surface area contributed by atoms with Gasteiger partial charge in [0.15, 0.2) is 0 Å². The molecule has 60 valence electrons. The highest BCUT2D eigenvalue weighted by molar-refractivity contribution is 7.80. The van der Waals surface area contributed by atoms with Crippen molar-refractivity contribution in [3.8, 4) is 0 Å². The van der Waals surface area contributed by atoms with Gasteiger partial charge in [-0.05, 0) is 6.08 Å². The van der Waals surface area contributed by atoms with Crippen LogP contribution in [0.25, 0.3) is 0 Å². The molecule has 1 aliphatic carbocycles. The van der Waals surface area contributed by atoms with Crippen molar-refractivity contribution in [2.45, 2.75) is 5.92 Å². The minimum atomic E-state index is 0.115. The highest BCUT2D eigenvalue weighted by atomic mass is 32.1. The van der Waals surface area contributed by atoms with E-state index in [0.29, 0.717) is 0 Å². The molecule has 2 rings (SSSR count). The lowest BCUT2D eigenvalue weighted by Crippen LogP contribution is -2.07. The molecule has 12 heavy (non-hydrogen) atoms. The number of aromatic nitrogens is 1. The standard InChI is InChI=1S/C9H7NOS/c12-9-4-2-1-3-7(9)8-5-6-11-10-8/h1-7H. The summed E-state index contributed by atoms with van der Waals surface area (Å²) in [6.07, 6.45) is 9.38. The predicted octanol–water partition coefficient (Wildman–Crippen LogP) is 2.25. The van der Waals surface area contributed by atoms with Gasteiger partial charge in [-0.2, -0.15) is 0 Å². The Hall–Kier alpha value is -1.22. The van der Waals surface area contributed by atoms with Gasteiger partial charge in [0.05, 0.1) is 11.6 Å². The lowest BCUT2D eigenvalue weighted by Gasteiger charge is -2.09. The Bertz CT molecular complexity index is 337. The van der Waals surface area contributed by atoms with E-state index in [1.165, 1.54) is 0 Å². The van der Waals surface area contributed by atoms with Gasteiger partial charge in [0.2, 0.25) is 0 Å². The van der Waals surface area contributed by atoms with Crippen LogP contribution in [0.1, 0.15) is 11.6 Å². The summed E-state index contributed by atoms with van der Waals surface area (Å²) < 4.78 is 4.75. The average Bonchev–Trinajstić information content (AvgIpc) is 2.57. The quantitative estimate of drug-likeness (QED) is 0.615. The van der Waals surface area contributed by atoms with Crippen molar-refractivity contribution in [3.05, 3.63) is 42.3 Å². The van der Waals surface area contributed by atoms with Gasteiger partial charge < -0.3 is 4.52 Å². The first-order valence-electron chi connectivity index (χ1n) is 3.67. The first-order chi connectivity index (χ1) is 5.88. The summed E-state index contributed by atoms with van der Waals surface area (Å²) in [5.41, 5.74) is 0.876. The lowest BCUT2D eigenvalue weighted by atomic mass is 9.97. The van der Waals surface area contributed by atoms with Gasteiger partial charge in [-0.1, -0.05) is 35.6 Å². The van der Waals surface area contributed by atoms with E-state index >= 15 is 0 Å². The second-order valence-electron chi connectivity index (χ2n) is 2.55. The maximum absolute atomic E-state index is 5.16. The first kappa shape index (κ1) is 7.43. The molecule has 1 aromatic rings. The molecule has 2 nitrogen and oxygen atoms in total. The monoisotopic (exact) mass is 177 g/mol. The maximum Gasteiger partial charge on any atom is 0.124 e. The van der Waals surface area contributed by atoms with E-state index < -0.39 is 0 Å². The van der Waals surface area contributed by atoms with Gasteiger partial charge in [-0.3, -0.25) is 0 Å². The molecule has 1 unspecified atom stereocenters. The number of rotatable bonds is 1. The Kier molecular flexibility index (Phi) is 1.87. The Balaban J connectivity index is 2.31. The molecule has 0 N–H and O–H groups in total. The minimum absolute atomic E-state index is 0.115. The minimum Gasteiger partial charge on any atom is -0.364 e. The van der Waals surface area contributed by atoms with Crippen LogP contribution in [0.3, 0.4) is 0 Å². The summed E-state index contributed by atoms with van der Waals surface area (Å²) in [5.74, 6) is 0.115. The molecule has 0 saturated carbocycles. The predicted molar refractivity (Wildman–Crippen MR) is 50.1 cm³/mol. The van der Waals surface area contributed by atoms with E-state index in [1.54, 1.807) is 6.26 Å². The molecule has 0 bridgehead atoms. The van der Waals surface area contributed by atoms with Crippen LogP contribution < -0.4 is 0 Å². The molecule has 1 aliphatic rings. The molecule has 0 aliphatic heterocycles. The summed E-state index contributed by atoms with van der Waals surface area (Å²) in [7, 11) is 0. The van der Waals surface area contributed by atoms with Crippen LogP contribution in [-0.4, -0.2) is 10.0 Å². The maximum atomic E-state index is 5.16. The van der Waals surface area contributed by atoms with Gasteiger partial charge in [0.25, 0.3) is 0 Å². The Morgan fingerprint density at radius 2 is 2.33 bits per heavy atom. The third kappa shape index (κ3) is 1.23. The molecular formula is C9H7NOS. The van der Waals surface area contributed by atoms with E-state index in [2.05, 4.69) is 5.16 Å². The van der Waals surface area contributed by atoms with Crippen LogP contribution in [0.2, 0.25) is 0 Å². The largest absolute Gasteiger partial charge is 0.364 e. The zero-order valence-electron chi connectivity index (χ0n) is 6.31. The summed E-state index contributed by atoms with van der Waals surface area (Å²) >= 11 is 5.16. The van der Waals surface area contributed by atoms with Crippen molar-refractivity contribution in [2.75, 3.05) is 0 Å². The van der Waals surface area contributed by atoms with Crippen molar-refractivity contribution >= 4 is 17.1 Å². The van der Waals surface area contributed by atoms with E-state index in [1.807, 2.05) is 30.4 Å². The highest BCUT2D eigenvalue weighted by Gasteiger charge is 2.15. The van der Waals surface area contributed by atoms with Crippen molar-refractivity contribution in [1.82, 2.24) is 5.16 Å². The van der Waals surface area contributed by atoms with Gasteiger partial charge in [0, 0.05) is 10.9 Å². The molecule has 0 spiro atoms. The van der Waals surface area contributed by atoms with Crippen LogP contribution in [0.4, 0.5) is 0 Å². The number of nitrogens with zero attached hydrogens (tertiary/aromatic N) is 1. The van der Waals surface area contributed by atoms with Crippen molar-refractivity contribution in [3.63, 3.8) is 0 Å². The lowest BCUT2D eigenvalue weighted by molar-refractivity contribution is 0.412. The smallest absolute Gasteiger partial charge is 0.124 e. The molecular weight excluding hydrogens is 170 g/mol. The Morgan fingerprint density at radius 1 is 1.42 bits per heavy atom. The second kappa shape index (κ2) is 3.03. The fraction of sp³-hybridized carbons (Fsp3) is 0.111. The van der Waals surface area contributed by atoms with Gasteiger partial charge in [-0.15, -0.1) is 0 Å². The van der Waals surface area contributed by atoms with Crippen LogP contribution >= 0.6 is 12.2 Å². The molecule has 0 aromatic carbocycles. The number of hydrogen-bond donors (Lipinski definition) is 0. The molecule has 0 saturated heterocycles. The van der Waals surface area contributed by atoms with Crippen LogP contribution in [0.15, 0.2) is 41.2 Å². The molecule has 3 heteroatoms. The van der Waals surface area contributed by atoms with E-state index in [4.69, 9.17) is 16.7 Å². The fourth-order valence-corrected chi connectivity index (χ4v) is 1.43. The molecule has 0 radical (unpaired) electrons. The summed E-state index contributed by atoms with van der Waals surface area (Å²) in [5, 5.41) is 3.84. The summed E-state index contributed by atoms with van der Waals surface area (Å²) in [4.78, 5) is 0.881. The molecule has 1 heterocycles. The van der Waals surface area contributed by atoms with Crippen molar-refractivity contribution < 1.29 is 4.52 Å². The van der Waals surface area contributed by atoms with Crippen molar-refractivity contribution in [1.29, 1.82) is 0 Å². The zero-order chi connectivity index (χ0) is 8.39. The van der Waals surface area contributed by atoms with Crippen molar-refractivity contribution in [2.24, 2.45) is 0 Å². The van der Waals surface area contributed by atoms with E-state index in [0.717, 1.165) is 10.6 Å². The number of thiocarbonyl (C=S) groups is 1. The van der Waals surface area contributed by atoms with Gasteiger partial charge in [-0.25, -0.2) is 0 Å². The van der Waals surface area contributed by atoms with Crippen LogP contribution in [0.5, 0.6) is 0 Å². The number of hydrogen-bond acceptors (Lipinski definition) is 3. The fourth-order valence-electron chi connectivity index (χ4n) is 1.15. The SMILES string of the molecule is S=C1C=CC=CC1c1ccon1.